The normalized spacial score (nSPS) is 22.5. The van der Waals surface area contributed by atoms with Gasteiger partial charge in [0.15, 0.2) is 12.4 Å². The number of fused-ring (bicyclic) bond motifs is 1. The molecule has 3 rings (SSSR count). The fraction of sp³-hybridized carbons (Fsp3) is 0.353. The molecule has 2 aliphatic heterocycles. The van der Waals surface area contributed by atoms with E-state index in [1.54, 1.807) is 24.3 Å². The van der Waals surface area contributed by atoms with Gasteiger partial charge in [0.25, 0.3) is 11.8 Å². The van der Waals surface area contributed by atoms with Crippen molar-refractivity contribution < 1.29 is 24.2 Å². The molecule has 0 saturated carbocycles. The van der Waals surface area contributed by atoms with Crippen LogP contribution in [0.15, 0.2) is 41.8 Å². The maximum atomic E-state index is 12.2. The van der Waals surface area contributed by atoms with E-state index in [4.69, 9.17) is 4.74 Å². The minimum absolute atomic E-state index is 0.0438. The predicted octanol–water partition coefficient (Wildman–Crippen LogP) is 0.913. The molecule has 0 aliphatic carbocycles. The summed E-state index contributed by atoms with van der Waals surface area (Å²) in [5.41, 5.74) is 0.0438. The van der Waals surface area contributed by atoms with Gasteiger partial charge in [-0.2, -0.15) is 0 Å². The van der Waals surface area contributed by atoms with Crippen LogP contribution < -0.4 is 10.1 Å². The SMILES string of the molecule is CC(=O)C1=C(O)CC[C@@H]2[C@H](NC(=O)COc3ccccc3)C(=O)N12. The van der Waals surface area contributed by atoms with Gasteiger partial charge in [-0.3, -0.25) is 19.3 Å². The molecule has 24 heavy (non-hydrogen) atoms. The number of allylic oxidation sites excluding steroid dienone is 2. The smallest absolute Gasteiger partial charge is 0.258 e. The Morgan fingerprint density at radius 1 is 1.33 bits per heavy atom. The second-order valence-corrected chi connectivity index (χ2v) is 5.81. The Morgan fingerprint density at radius 3 is 2.71 bits per heavy atom. The number of hydrogen-bond donors (Lipinski definition) is 2. The minimum Gasteiger partial charge on any atom is -0.510 e. The molecule has 2 heterocycles. The number of hydrogen-bond acceptors (Lipinski definition) is 5. The summed E-state index contributed by atoms with van der Waals surface area (Å²) in [6.45, 7) is 1.11. The zero-order valence-electron chi connectivity index (χ0n) is 13.2. The van der Waals surface area contributed by atoms with Crippen LogP contribution in [0.1, 0.15) is 19.8 Å². The second-order valence-electron chi connectivity index (χ2n) is 5.81. The van der Waals surface area contributed by atoms with Crippen molar-refractivity contribution in [3.8, 4) is 5.75 Å². The number of ether oxygens (including phenoxy) is 1. The number of rotatable bonds is 5. The van der Waals surface area contributed by atoms with Crippen LogP contribution in [-0.4, -0.2) is 46.3 Å². The van der Waals surface area contributed by atoms with Crippen LogP contribution >= 0.6 is 0 Å². The van der Waals surface area contributed by atoms with E-state index >= 15 is 0 Å². The quantitative estimate of drug-likeness (QED) is 0.783. The standard InChI is InChI=1S/C17H18N2O5/c1-10(20)16-13(21)8-7-12-15(17(23)19(12)16)18-14(22)9-24-11-5-3-2-4-6-11/h2-6,12,15,21H,7-9H2,1H3,(H,18,22)/t12-,15+/m1/s1. The highest BCUT2D eigenvalue weighted by molar-refractivity contribution is 6.03. The van der Waals surface area contributed by atoms with E-state index in [1.807, 2.05) is 6.07 Å². The van der Waals surface area contributed by atoms with Gasteiger partial charge in [-0.1, -0.05) is 18.2 Å². The minimum atomic E-state index is -0.681. The van der Waals surface area contributed by atoms with Crippen molar-refractivity contribution in [3.05, 3.63) is 41.8 Å². The zero-order chi connectivity index (χ0) is 17.3. The van der Waals surface area contributed by atoms with Crippen LogP contribution in [0.2, 0.25) is 0 Å². The van der Waals surface area contributed by atoms with Gasteiger partial charge in [0.05, 0.1) is 6.04 Å². The monoisotopic (exact) mass is 330 g/mol. The molecule has 0 aromatic heterocycles. The number of nitrogens with one attached hydrogen (secondary N) is 1. The highest BCUT2D eigenvalue weighted by Gasteiger charge is 2.52. The molecule has 0 radical (unpaired) electrons. The largest absolute Gasteiger partial charge is 0.510 e. The van der Waals surface area contributed by atoms with Crippen LogP contribution in [0.5, 0.6) is 5.75 Å². The van der Waals surface area contributed by atoms with Crippen LogP contribution in [0, 0.1) is 0 Å². The zero-order valence-corrected chi connectivity index (χ0v) is 13.2. The first-order valence-electron chi connectivity index (χ1n) is 7.72. The average molecular weight is 330 g/mol. The average Bonchev–Trinajstić information content (AvgIpc) is 2.58. The molecule has 126 valence electrons. The third-order valence-corrected chi connectivity index (χ3v) is 4.17. The number of para-hydroxylation sites is 1. The van der Waals surface area contributed by atoms with Gasteiger partial charge in [0.2, 0.25) is 0 Å². The van der Waals surface area contributed by atoms with E-state index in [0.29, 0.717) is 18.6 Å². The van der Waals surface area contributed by atoms with Crippen molar-refractivity contribution in [1.29, 1.82) is 0 Å². The molecule has 1 aromatic carbocycles. The first-order chi connectivity index (χ1) is 11.5. The van der Waals surface area contributed by atoms with Gasteiger partial charge in [0, 0.05) is 13.3 Å². The fourth-order valence-corrected chi connectivity index (χ4v) is 3.07. The molecule has 0 bridgehead atoms. The first-order valence-corrected chi connectivity index (χ1v) is 7.72. The summed E-state index contributed by atoms with van der Waals surface area (Å²) in [5.74, 6) is -0.643. The van der Waals surface area contributed by atoms with Crippen molar-refractivity contribution in [3.63, 3.8) is 0 Å². The van der Waals surface area contributed by atoms with Crippen molar-refractivity contribution >= 4 is 17.6 Å². The number of nitrogens with zero attached hydrogens (tertiary/aromatic N) is 1. The van der Waals surface area contributed by atoms with Crippen LogP contribution in [0.4, 0.5) is 0 Å². The molecule has 1 saturated heterocycles. The number of ketones is 1. The predicted molar refractivity (Wildman–Crippen MR) is 84.1 cm³/mol. The molecule has 0 spiro atoms. The van der Waals surface area contributed by atoms with Crippen molar-refractivity contribution in [1.82, 2.24) is 10.2 Å². The number of β-lactam (4-membered cyclic amide) rings is 1. The Balaban J connectivity index is 1.59. The lowest BCUT2D eigenvalue weighted by atomic mass is 9.85. The molecule has 2 atom stereocenters. The molecular formula is C17H18N2O5. The number of aliphatic hydroxyl groups excluding tert-OH is 1. The lowest BCUT2D eigenvalue weighted by Gasteiger charge is -2.49. The highest BCUT2D eigenvalue weighted by Crippen LogP contribution is 2.35. The maximum absolute atomic E-state index is 12.2. The summed E-state index contributed by atoms with van der Waals surface area (Å²) in [5, 5.41) is 12.5. The molecule has 0 unspecified atom stereocenters. The Kier molecular flexibility index (Phi) is 4.24. The van der Waals surface area contributed by atoms with E-state index in [0.717, 1.165) is 0 Å². The summed E-state index contributed by atoms with van der Waals surface area (Å²) >= 11 is 0. The van der Waals surface area contributed by atoms with E-state index in [1.165, 1.54) is 11.8 Å². The number of aliphatic hydroxyl groups is 1. The number of amides is 2. The van der Waals surface area contributed by atoms with Crippen LogP contribution in [0.3, 0.4) is 0 Å². The second kappa shape index (κ2) is 6.35. The molecule has 2 N–H and O–H groups in total. The third kappa shape index (κ3) is 2.84. The number of Topliss-reactive ketones (excluding diaryl/α,β-unsaturated/α-hetero) is 1. The molecule has 2 aliphatic rings. The molecule has 7 nitrogen and oxygen atoms in total. The topological polar surface area (TPSA) is 95.9 Å². The van der Waals surface area contributed by atoms with Crippen molar-refractivity contribution in [2.24, 2.45) is 0 Å². The van der Waals surface area contributed by atoms with Crippen molar-refractivity contribution in [2.75, 3.05) is 6.61 Å². The van der Waals surface area contributed by atoms with Crippen molar-refractivity contribution in [2.45, 2.75) is 31.8 Å². The summed E-state index contributed by atoms with van der Waals surface area (Å²) in [6.07, 6.45) is 0.815. The lowest BCUT2D eigenvalue weighted by Crippen LogP contribution is -2.71. The number of benzene rings is 1. The Bertz CT molecular complexity index is 713. The first kappa shape index (κ1) is 16.0. The Labute approximate surface area is 138 Å². The molecule has 1 aromatic rings. The highest BCUT2D eigenvalue weighted by atomic mass is 16.5. The molecular weight excluding hydrogens is 312 g/mol. The van der Waals surface area contributed by atoms with Gasteiger partial charge < -0.3 is 15.2 Å². The van der Waals surface area contributed by atoms with Gasteiger partial charge in [0.1, 0.15) is 23.2 Å². The Hall–Kier alpha value is -2.83. The summed E-state index contributed by atoms with van der Waals surface area (Å²) in [7, 11) is 0. The van der Waals surface area contributed by atoms with E-state index < -0.39 is 11.9 Å². The number of carbonyl (C=O) groups is 3. The van der Waals surface area contributed by atoms with Gasteiger partial charge in [-0.05, 0) is 18.6 Å². The molecule has 7 heteroatoms. The number of carbonyl (C=O) groups excluding carboxylic acids is 3. The van der Waals surface area contributed by atoms with Gasteiger partial charge >= 0.3 is 0 Å². The van der Waals surface area contributed by atoms with Crippen LogP contribution in [0.25, 0.3) is 0 Å². The molecule has 1 fully saturated rings. The van der Waals surface area contributed by atoms with E-state index in [9.17, 15) is 19.5 Å². The fourth-order valence-electron chi connectivity index (χ4n) is 3.07. The lowest BCUT2D eigenvalue weighted by molar-refractivity contribution is -0.153. The summed E-state index contributed by atoms with van der Waals surface area (Å²) in [6, 6.07) is 7.92. The summed E-state index contributed by atoms with van der Waals surface area (Å²) in [4.78, 5) is 37.1. The summed E-state index contributed by atoms with van der Waals surface area (Å²) < 4.78 is 5.34. The van der Waals surface area contributed by atoms with E-state index in [-0.39, 0.29) is 35.8 Å². The maximum Gasteiger partial charge on any atom is 0.258 e. The van der Waals surface area contributed by atoms with Crippen LogP contribution in [-0.2, 0) is 14.4 Å². The van der Waals surface area contributed by atoms with E-state index in [2.05, 4.69) is 5.32 Å². The Morgan fingerprint density at radius 2 is 2.04 bits per heavy atom. The van der Waals surface area contributed by atoms with Gasteiger partial charge in [-0.15, -0.1) is 0 Å². The molecule has 2 amide bonds. The van der Waals surface area contributed by atoms with Gasteiger partial charge in [-0.25, -0.2) is 0 Å². The third-order valence-electron chi connectivity index (χ3n) is 4.17.